The van der Waals surface area contributed by atoms with E-state index in [0.29, 0.717) is 30.4 Å². The topological polar surface area (TPSA) is 83.4 Å². The third kappa shape index (κ3) is 5.56. The van der Waals surface area contributed by atoms with Gasteiger partial charge in [0.1, 0.15) is 23.1 Å². The van der Waals surface area contributed by atoms with Crippen LogP contribution in [0.5, 0.6) is 0 Å². The molecule has 39 heavy (non-hydrogen) atoms. The number of hydrogen-bond donors (Lipinski definition) is 2. The van der Waals surface area contributed by atoms with Crippen molar-refractivity contribution >= 4 is 28.5 Å². The number of aromatic nitrogens is 4. The molecule has 5 heterocycles. The van der Waals surface area contributed by atoms with Gasteiger partial charge in [0.25, 0.3) is 0 Å². The van der Waals surface area contributed by atoms with Gasteiger partial charge in [0.05, 0.1) is 29.8 Å². The Morgan fingerprint density at radius 1 is 1.00 bits per heavy atom. The van der Waals surface area contributed by atoms with Crippen molar-refractivity contribution in [1.82, 2.24) is 29.7 Å². The largest absolute Gasteiger partial charge is 0.373 e. The molecule has 0 amide bonds. The highest BCUT2D eigenvalue weighted by atomic mass is 19.1. The number of pyridine rings is 1. The molecule has 0 radical (unpaired) electrons. The lowest BCUT2D eigenvalue weighted by Gasteiger charge is -2.35. The second-order valence-corrected chi connectivity index (χ2v) is 10.3. The number of nitrogens with one attached hydrogen (secondary N) is 2. The number of fused-ring (bicyclic) bond motifs is 1. The summed E-state index contributed by atoms with van der Waals surface area (Å²) < 4.78 is 37.8. The molecule has 2 saturated heterocycles. The van der Waals surface area contributed by atoms with E-state index >= 15 is 8.78 Å². The summed E-state index contributed by atoms with van der Waals surface area (Å²) in [5, 5.41) is 7.28. The summed E-state index contributed by atoms with van der Waals surface area (Å²) in [6, 6.07) is 8.46. The molecule has 1 aromatic carbocycles. The predicted molar refractivity (Wildman–Crippen MR) is 147 cm³/mol. The molecule has 6 rings (SSSR count). The number of rotatable bonds is 6. The maximum atomic E-state index is 15.2. The number of piperazine rings is 1. The van der Waals surface area contributed by atoms with E-state index in [1.54, 1.807) is 23.2 Å². The van der Waals surface area contributed by atoms with Crippen LogP contribution in [0.1, 0.15) is 19.4 Å². The summed E-state index contributed by atoms with van der Waals surface area (Å²) >= 11 is 0. The van der Waals surface area contributed by atoms with Crippen LogP contribution >= 0.6 is 0 Å². The van der Waals surface area contributed by atoms with Gasteiger partial charge in [0, 0.05) is 69.2 Å². The van der Waals surface area contributed by atoms with Crippen molar-refractivity contribution < 1.29 is 13.5 Å². The summed E-state index contributed by atoms with van der Waals surface area (Å²) in [6.45, 7) is 9.13. The van der Waals surface area contributed by atoms with Crippen LogP contribution in [-0.2, 0) is 11.3 Å². The van der Waals surface area contributed by atoms with Gasteiger partial charge < -0.3 is 24.8 Å². The van der Waals surface area contributed by atoms with Crippen molar-refractivity contribution in [2.75, 3.05) is 49.5 Å². The molecule has 2 aliphatic rings. The van der Waals surface area contributed by atoms with Crippen molar-refractivity contribution in [3.05, 3.63) is 66.1 Å². The maximum absolute atomic E-state index is 15.2. The molecule has 0 spiro atoms. The van der Waals surface area contributed by atoms with Crippen molar-refractivity contribution in [2.24, 2.45) is 0 Å². The first-order valence-electron chi connectivity index (χ1n) is 13.3. The van der Waals surface area contributed by atoms with Crippen LogP contribution in [-0.4, -0.2) is 75.9 Å². The van der Waals surface area contributed by atoms with Gasteiger partial charge in [-0.3, -0.25) is 4.90 Å². The van der Waals surface area contributed by atoms with Crippen molar-refractivity contribution in [3.63, 3.8) is 0 Å². The maximum Gasteiger partial charge on any atom is 0.229 e. The van der Waals surface area contributed by atoms with E-state index in [1.165, 1.54) is 12.1 Å². The van der Waals surface area contributed by atoms with Gasteiger partial charge in [-0.2, -0.15) is 4.98 Å². The fourth-order valence-electron chi connectivity index (χ4n) is 5.37. The SMILES string of the molecule is CC1CN(Cc2c(F)cc(-n3ccc4cnc(Nc5ccc(N6CCNCC6)nc5)nc43)cc2F)CC(C)O1. The number of nitrogens with zero attached hydrogens (tertiary/aromatic N) is 6. The number of hydrogen-bond acceptors (Lipinski definition) is 8. The average Bonchev–Trinajstić information content (AvgIpc) is 3.34. The Morgan fingerprint density at radius 2 is 1.74 bits per heavy atom. The zero-order valence-electron chi connectivity index (χ0n) is 22.1. The minimum Gasteiger partial charge on any atom is -0.373 e. The molecule has 9 nitrogen and oxygen atoms in total. The van der Waals surface area contributed by atoms with E-state index in [0.717, 1.165) is 43.1 Å². The minimum atomic E-state index is -0.582. The second kappa shape index (κ2) is 10.8. The first-order chi connectivity index (χ1) is 18.9. The summed E-state index contributed by atoms with van der Waals surface area (Å²) in [5.41, 5.74) is 1.71. The average molecular weight is 535 g/mol. The highest BCUT2D eigenvalue weighted by Crippen LogP contribution is 2.26. The molecule has 11 heteroatoms. The summed E-state index contributed by atoms with van der Waals surface area (Å²) in [4.78, 5) is 17.9. The van der Waals surface area contributed by atoms with Crippen molar-refractivity contribution in [1.29, 1.82) is 0 Å². The van der Waals surface area contributed by atoms with Gasteiger partial charge in [-0.1, -0.05) is 0 Å². The van der Waals surface area contributed by atoms with Gasteiger partial charge in [-0.15, -0.1) is 0 Å². The van der Waals surface area contributed by atoms with Crippen molar-refractivity contribution in [3.8, 4) is 5.69 Å². The smallest absolute Gasteiger partial charge is 0.229 e. The monoisotopic (exact) mass is 534 g/mol. The molecule has 0 aliphatic carbocycles. The van der Waals surface area contributed by atoms with Crippen molar-refractivity contribution in [2.45, 2.75) is 32.6 Å². The van der Waals surface area contributed by atoms with Gasteiger partial charge in [-0.05, 0) is 44.2 Å². The minimum absolute atomic E-state index is 0.0220. The number of benzene rings is 1. The lowest BCUT2D eigenvalue weighted by Crippen LogP contribution is -2.45. The van der Waals surface area contributed by atoms with E-state index in [9.17, 15) is 0 Å². The molecule has 4 aromatic rings. The lowest BCUT2D eigenvalue weighted by molar-refractivity contribution is -0.0709. The van der Waals surface area contributed by atoms with E-state index in [4.69, 9.17) is 4.74 Å². The molecular weight excluding hydrogens is 502 g/mol. The molecule has 204 valence electrons. The van der Waals surface area contributed by atoms with Crippen LogP contribution in [0.25, 0.3) is 16.7 Å². The molecule has 0 saturated carbocycles. The highest BCUT2D eigenvalue weighted by Gasteiger charge is 2.24. The van der Waals surface area contributed by atoms with E-state index < -0.39 is 11.6 Å². The third-order valence-electron chi connectivity index (χ3n) is 7.15. The molecular formula is C28H32F2N8O. The summed E-state index contributed by atoms with van der Waals surface area (Å²) in [7, 11) is 0. The van der Waals surface area contributed by atoms with Gasteiger partial charge in [0.15, 0.2) is 0 Å². The first kappa shape index (κ1) is 25.6. The van der Waals surface area contributed by atoms with Crippen LogP contribution in [0.3, 0.4) is 0 Å². The Balaban J connectivity index is 1.22. The second-order valence-electron chi connectivity index (χ2n) is 10.3. The standard InChI is InChI=1S/C28H32F2N8O/c1-18-15-36(16-19(2)39-18)17-23-24(29)11-22(12-25(23)30)38-8-5-20-13-33-28(35-27(20)38)34-21-3-4-26(32-14-21)37-9-6-31-7-10-37/h3-5,8,11-14,18-19,31H,6-7,9-10,15-17H2,1-2H3,(H,33,34,35). The van der Waals surface area contributed by atoms with Gasteiger partial charge >= 0.3 is 0 Å². The Labute approximate surface area is 225 Å². The van der Waals surface area contributed by atoms with Gasteiger partial charge in [0.2, 0.25) is 5.95 Å². The molecule has 0 bridgehead atoms. The fourth-order valence-corrected chi connectivity index (χ4v) is 5.37. The summed E-state index contributed by atoms with van der Waals surface area (Å²) in [5.74, 6) is 0.133. The fraction of sp³-hybridized carbons (Fsp3) is 0.393. The van der Waals surface area contributed by atoms with E-state index in [2.05, 4.69) is 30.5 Å². The predicted octanol–water partition coefficient (Wildman–Crippen LogP) is 3.86. The molecule has 2 N–H and O–H groups in total. The van der Waals surface area contributed by atoms with E-state index in [1.807, 2.05) is 36.9 Å². The Hall–Kier alpha value is -3.67. The number of morpholine rings is 1. The molecule has 3 aromatic heterocycles. The zero-order chi connectivity index (χ0) is 26.9. The molecule has 2 aliphatic heterocycles. The first-order valence-corrected chi connectivity index (χ1v) is 13.3. The third-order valence-corrected chi connectivity index (χ3v) is 7.15. The molecule has 2 fully saturated rings. The van der Waals surface area contributed by atoms with Crippen LogP contribution < -0.4 is 15.5 Å². The van der Waals surface area contributed by atoms with Crippen LogP contribution in [0, 0.1) is 11.6 Å². The number of ether oxygens (including phenoxy) is 1. The quantitative estimate of drug-likeness (QED) is 0.386. The Morgan fingerprint density at radius 3 is 2.44 bits per heavy atom. The normalized spacial score (nSPS) is 20.5. The van der Waals surface area contributed by atoms with Crippen LogP contribution in [0.15, 0.2) is 48.9 Å². The number of anilines is 3. The lowest BCUT2D eigenvalue weighted by atomic mass is 10.1. The van der Waals surface area contributed by atoms with Gasteiger partial charge in [-0.25, -0.2) is 18.7 Å². The van der Waals surface area contributed by atoms with Crippen LogP contribution in [0.4, 0.5) is 26.2 Å². The summed E-state index contributed by atoms with van der Waals surface area (Å²) in [6.07, 6.45) is 5.23. The zero-order valence-corrected chi connectivity index (χ0v) is 22.1. The molecule has 2 atom stereocenters. The van der Waals surface area contributed by atoms with Crippen LogP contribution in [0.2, 0.25) is 0 Å². The highest BCUT2D eigenvalue weighted by molar-refractivity contribution is 5.78. The number of halogens is 2. The van der Waals surface area contributed by atoms with E-state index in [-0.39, 0.29) is 24.3 Å². The Bertz CT molecular complexity index is 1420. The molecule has 2 unspecified atom stereocenters. The Kier molecular flexibility index (Phi) is 7.11.